The second-order valence-electron chi connectivity index (χ2n) is 6.12. The Morgan fingerprint density at radius 1 is 1.04 bits per heavy atom. The molecule has 4 heteroatoms. The summed E-state index contributed by atoms with van der Waals surface area (Å²) in [6.07, 6.45) is 1.00. The van der Waals surface area contributed by atoms with E-state index in [0.29, 0.717) is 10.9 Å². The van der Waals surface area contributed by atoms with Crippen molar-refractivity contribution >= 4 is 28.6 Å². The minimum Gasteiger partial charge on any atom is -0.351 e. The predicted molar refractivity (Wildman–Crippen MR) is 100 cm³/mol. The van der Waals surface area contributed by atoms with Gasteiger partial charge in [-0.05, 0) is 24.1 Å². The molecule has 2 heterocycles. The Balaban J connectivity index is 1.49. The molecule has 3 nitrogen and oxygen atoms in total. The molecule has 1 amide bonds. The lowest BCUT2D eigenvalue weighted by Crippen LogP contribution is -2.33. The molecule has 122 valence electrons. The summed E-state index contributed by atoms with van der Waals surface area (Å²) < 4.78 is 0. The fraction of sp³-hybridized carbons (Fsp3) is 0.250. The van der Waals surface area contributed by atoms with E-state index in [1.807, 2.05) is 47.0 Å². The first-order valence-corrected chi connectivity index (χ1v) is 9.40. The molecule has 1 aliphatic heterocycles. The maximum atomic E-state index is 12.9. The standard InChI is InChI=1S/C20H20N2OS/c23-20(18-14-16-8-4-5-9-17(16)21-18)22-11-10-19(24-13-12-22)15-6-2-1-3-7-15/h1-9,14,19,21H,10-13H2/t19-/m1/s1. The zero-order valence-corrected chi connectivity index (χ0v) is 14.3. The Hall–Kier alpha value is -2.20. The van der Waals surface area contributed by atoms with E-state index in [2.05, 4.69) is 35.3 Å². The fourth-order valence-corrected chi connectivity index (χ4v) is 4.50. The first-order valence-electron chi connectivity index (χ1n) is 8.35. The second-order valence-corrected chi connectivity index (χ2v) is 7.43. The Morgan fingerprint density at radius 3 is 2.67 bits per heavy atom. The van der Waals surface area contributed by atoms with Crippen molar-refractivity contribution in [3.8, 4) is 0 Å². The molecule has 0 radical (unpaired) electrons. The van der Waals surface area contributed by atoms with Crippen LogP contribution in [0.1, 0.15) is 27.7 Å². The van der Waals surface area contributed by atoms with Crippen LogP contribution in [0.3, 0.4) is 0 Å². The highest BCUT2D eigenvalue weighted by Gasteiger charge is 2.23. The van der Waals surface area contributed by atoms with E-state index in [1.165, 1.54) is 5.56 Å². The number of benzene rings is 2. The van der Waals surface area contributed by atoms with Gasteiger partial charge in [-0.15, -0.1) is 0 Å². The molecule has 4 rings (SSSR count). The van der Waals surface area contributed by atoms with Crippen LogP contribution in [0.15, 0.2) is 60.7 Å². The molecular weight excluding hydrogens is 316 g/mol. The molecule has 2 aromatic carbocycles. The average Bonchev–Trinajstić information content (AvgIpc) is 2.91. The highest BCUT2D eigenvalue weighted by atomic mass is 32.2. The monoisotopic (exact) mass is 336 g/mol. The van der Waals surface area contributed by atoms with Crippen LogP contribution in [0.5, 0.6) is 0 Å². The number of nitrogens with one attached hydrogen (secondary N) is 1. The maximum absolute atomic E-state index is 12.9. The van der Waals surface area contributed by atoms with E-state index < -0.39 is 0 Å². The van der Waals surface area contributed by atoms with E-state index in [4.69, 9.17) is 0 Å². The van der Waals surface area contributed by atoms with E-state index >= 15 is 0 Å². The van der Waals surface area contributed by atoms with Gasteiger partial charge in [0.2, 0.25) is 0 Å². The van der Waals surface area contributed by atoms with Gasteiger partial charge in [0.25, 0.3) is 5.91 Å². The van der Waals surface area contributed by atoms with Crippen molar-refractivity contribution in [1.29, 1.82) is 0 Å². The van der Waals surface area contributed by atoms with Gasteiger partial charge in [-0.25, -0.2) is 0 Å². The summed E-state index contributed by atoms with van der Waals surface area (Å²) in [5, 5.41) is 1.57. The average molecular weight is 336 g/mol. The first-order chi connectivity index (χ1) is 11.8. The minimum atomic E-state index is 0.112. The zero-order valence-electron chi connectivity index (χ0n) is 13.4. The number of hydrogen-bond donors (Lipinski definition) is 1. The van der Waals surface area contributed by atoms with Crippen molar-refractivity contribution in [2.45, 2.75) is 11.7 Å². The lowest BCUT2D eigenvalue weighted by atomic mass is 10.1. The van der Waals surface area contributed by atoms with Crippen LogP contribution in [-0.2, 0) is 0 Å². The molecule has 0 unspecified atom stereocenters. The minimum absolute atomic E-state index is 0.112. The Kier molecular flexibility index (Phi) is 4.30. The number of amides is 1. The topological polar surface area (TPSA) is 36.1 Å². The number of carbonyl (C=O) groups excluding carboxylic acids is 1. The molecule has 1 aliphatic rings. The molecule has 3 aromatic rings. The summed E-state index contributed by atoms with van der Waals surface area (Å²) in [7, 11) is 0. The number of rotatable bonds is 2. The number of thioether (sulfide) groups is 1. The summed E-state index contributed by atoms with van der Waals surface area (Å²) in [5.41, 5.74) is 3.08. The van der Waals surface area contributed by atoms with E-state index in [0.717, 1.165) is 36.2 Å². The first kappa shape index (κ1) is 15.3. The summed E-state index contributed by atoms with van der Waals surface area (Å²) in [6.45, 7) is 1.61. The number of aromatic amines is 1. The Morgan fingerprint density at radius 2 is 1.83 bits per heavy atom. The van der Waals surface area contributed by atoms with Gasteiger partial charge in [0.1, 0.15) is 5.69 Å². The van der Waals surface area contributed by atoms with Gasteiger partial charge in [0, 0.05) is 35.0 Å². The third kappa shape index (κ3) is 3.06. The van der Waals surface area contributed by atoms with Crippen molar-refractivity contribution in [3.05, 3.63) is 71.9 Å². The number of aromatic nitrogens is 1. The smallest absolute Gasteiger partial charge is 0.270 e. The van der Waals surface area contributed by atoms with Crippen molar-refractivity contribution in [3.63, 3.8) is 0 Å². The molecule has 24 heavy (non-hydrogen) atoms. The number of carbonyl (C=O) groups is 1. The van der Waals surface area contributed by atoms with Gasteiger partial charge >= 0.3 is 0 Å². The molecule has 1 fully saturated rings. The number of H-pyrrole nitrogens is 1. The van der Waals surface area contributed by atoms with Crippen LogP contribution < -0.4 is 0 Å². The van der Waals surface area contributed by atoms with Gasteiger partial charge in [-0.2, -0.15) is 11.8 Å². The molecule has 1 N–H and O–H groups in total. The summed E-state index contributed by atoms with van der Waals surface area (Å²) in [6, 6.07) is 20.6. The van der Waals surface area contributed by atoms with Gasteiger partial charge in [0.15, 0.2) is 0 Å². The van der Waals surface area contributed by atoms with E-state index in [9.17, 15) is 4.79 Å². The summed E-state index contributed by atoms with van der Waals surface area (Å²) >= 11 is 1.95. The van der Waals surface area contributed by atoms with Crippen LogP contribution in [0.2, 0.25) is 0 Å². The summed E-state index contributed by atoms with van der Waals surface area (Å²) in [5.74, 6) is 1.09. The largest absolute Gasteiger partial charge is 0.351 e. The molecule has 0 aliphatic carbocycles. The summed E-state index contributed by atoms with van der Waals surface area (Å²) in [4.78, 5) is 18.1. The van der Waals surface area contributed by atoms with Crippen molar-refractivity contribution in [2.75, 3.05) is 18.8 Å². The molecule has 0 bridgehead atoms. The van der Waals surface area contributed by atoms with Crippen molar-refractivity contribution in [2.24, 2.45) is 0 Å². The van der Waals surface area contributed by atoms with Crippen LogP contribution in [-0.4, -0.2) is 34.6 Å². The third-order valence-corrected chi connectivity index (χ3v) is 5.89. The lowest BCUT2D eigenvalue weighted by molar-refractivity contribution is 0.0761. The molecular formula is C20H20N2OS. The third-order valence-electron chi connectivity index (χ3n) is 4.56. The Labute approximate surface area is 146 Å². The number of nitrogens with zero attached hydrogens (tertiary/aromatic N) is 1. The van der Waals surface area contributed by atoms with E-state index in [1.54, 1.807) is 0 Å². The number of hydrogen-bond acceptors (Lipinski definition) is 2. The van der Waals surface area contributed by atoms with Crippen LogP contribution in [0, 0.1) is 0 Å². The lowest BCUT2D eigenvalue weighted by Gasteiger charge is -2.19. The van der Waals surface area contributed by atoms with Gasteiger partial charge in [-0.1, -0.05) is 48.5 Å². The Bertz CT molecular complexity index is 810. The fourth-order valence-electron chi connectivity index (χ4n) is 3.27. The zero-order chi connectivity index (χ0) is 16.4. The maximum Gasteiger partial charge on any atom is 0.270 e. The quantitative estimate of drug-likeness (QED) is 0.748. The van der Waals surface area contributed by atoms with Crippen LogP contribution in [0.4, 0.5) is 0 Å². The van der Waals surface area contributed by atoms with Gasteiger partial charge in [-0.3, -0.25) is 4.79 Å². The van der Waals surface area contributed by atoms with E-state index in [-0.39, 0.29) is 5.91 Å². The van der Waals surface area contributed by atoms with Crippen LogP contribution in [0.25, 0.3) is 10.9 Å². The van der Waals surface area contributed by atoms with Gasteiger partial charge < -0.3 is 9.88 Å². The highest BCUT2D eigenvalue weighted by molar-refractivity contribution is 7.99. The number of para-hydroxylation sites is 1. The normalized spacial score (nSPS) is 18.5. The molecule has 0 spiro atoms. The van der Waals surface area contributed by atoms with Gasteiger partial charge in [0.05, 0.1) is 0 Å². The predicted octanol–water partition coefficient (Wildman–Crippen LogP) is 4.49. The van der Waals surface area contributed by atoms with Crippen molar-refractivity contribution in [1.82, 2.24) is 9.88 Å². The highest BCUT2D eigenvalue weighted by Crippen LogP contribution is 2.34. The SMILES string of the molecule is O=C(c1cc2ccccc2[nH]1)N1CCS[C@@H](c2ccccc2)CC1. The number of fused-ring (bicyclic) bond motifs is 1. The molecule has 1 aromatic heterocycles. The molecule has 1 atom stereocenters. The second kappa shape index (κ2) is 6.73. The van der Waals surface area contributed by atoms with Crippen LogP contribution >= 0.6 is 11.8 Å². The molecule has 1 saturated heterocycles. The molecule has 0 saturated carbocycles. The van der Waals surface area contributed by atoms with Crippen molar-refractivity contribution < 1.29 is 4.79 Å².